The number of hydrogen-bond donors (Lipinski definition) is 1. The van der Waals surface area contributed by atoms with Crippen molar-refractivity contribution in [3.8, 4) is 5.69 Å². The number of benzene rings is 1. The number of nitrogens with one attached hydrogen (secondary N) is 1. The molecule has 0 radical (unpaired) electrons. The number of pyridine rings is 1. The number of hydrogen-bond acceptors (Lipinski definition) is 3. The zero-order chi connectivity index (χ0) is 20.5. The van der Waals surface area contributed by atoms with Crippen LogP contribution in [0.5, 0.6) is 0 Å². The summed E-state index contributed by atoms with van der Waals surface area (Å²) in [7, 11) is 0. The van der Waals surface area contributed by atoms with Gasteiger partial charge in [0.2, 0.25) is 0 Å². The molecular formula is C24H26N4OS. The summed E-state index contributed by atoms with van der Waals surface area (Å²) in [5.74, 6) is 0. The Bertz CT molecular complexity index is 1010. The van der Waals surface area contributed by atoms with E-state index in [9.17, 15) is 0 Å². The SMILES string of the molecule is Cc1ccc(-n2cccc2[C@@H]2[C@H](c3ccccn3)NC(=S)N2C[C@H]2CCCO2)cc1. The minimum absolute atomic E-state index is 0.0146. The largest absolute Gasteiger partial charge is 0.376 e. The first-order chi connectivity index (χ1) is 14.7. The van der Waals surface area contributed by atoms with Crippen molar-refractivity contribution in [1.82, 2.24) is 19.8 Å². The lowest BCUT2D eigenvalue weighted by molar-refractivity contribution is 0.0836. The van der Waals surface area contributed by atoms with E-state index < -0.39 is 0 Å². The van der Waals surface area contributed by atoms with Crippen LogP contribution in [-0.2, 0) is 4.74 Å². The van der Waals surface area contributed by atoms with Crippen LogP contribution < -0.4 is 5.32 Å². The highest BCUT2D eigenvalue weighted by Gasteiger charge is 2.42. The van der Waals surface area contributed by atoms with Crippen molar-refractivity contribution in [3.63, 3.8) is 0 Å². The Labute approximate surface area is 182 Å². The zero-order valence-corrected chi connectivity index (χ0v) is 17.9. The van der Waals surface area contributed by atoms with E-state index in [1.54, 1.807) is 0 Å². The van der Waals surface area contributed by atoms with Crippen LogP contribution in [0.15, 0.2) is 67.0 Å². The molecule has 4 heterocycles. The molecule has 0 unspecified atom stereocenters. The van der Waals surface area contributed by atoms with Crippen molar-refractivity contribution in [2.24, 2.45) is 0 Å². The number of rotatable bonds is 5. The van der Waals surface area contributed by atoms with Gasteiger partial charge in [-0.2, -0.15) is 0 Å². The zero-order valence-electron chi connectivity index (χ0n) is 17.1. The van der Waals surface area contributed by atoms with E-state index in [1.165, 1.54) is 11.3 Å². The number of aryl methyl sites for hydroxylation is 1. The Kier molecular flexibility index (Phi) is 5.27. The van der Waals surface area contributed by atoms with Crippen LogP contribution in [-0.4, -0.2) is 38.8 Å². The summed E-state index contributed by atoms with van der Waals surface area (Å²) in [4.78, 5) is 6.94. The minimum atomic E-state index is -0.0146. The van der Waals surface area contributed by atoms with E-state index in [1.807, 2.05) is 18.3 Å². The lowest BCUT2D eigenvalue weighted by Gasteiger charge is -2.30. The summed E-state index contributed by atoms with van der Waals surface area (Å²) < 4.78 is 8.21. The molecule has 0 spiro atoms. The monoisotopic (exact) mass is 418 g/mol. The fraction of sp³-hybridized carbons (Fsp3) is 0.333. The molecule has 1 aromatic carbocycles. The summed E-state index contributed by atoms with van der Waals surface area (Å²) in [5.41, 5.74) is 4.59. The van der Waals surface area contributed by atoms with Crippen molar-refractivity contribution < 1.29 is 4.74 Å². The molecule has 5 nitrogen and oxygen atoms in total. The van der Waals surface area contributed by atoms with Crippen molar-refractivity contribution in [1.29, 1.82) is 0 Å². The number of thiocarbonyl (C=S) groups is 1. The van der Waals surface area contributed by atoms with Crippen LogP contribution in [0.4, 0.5) is 0 Å². The van der Waals surface area contributed by atoms with Gasteiger partial charge in [-0.1, -0.05) is 23.8 Å². The second-order valence-corrected chi connectivity index (χ2v) is 8.44. The molecule has 2 aromatic heterocycles. The Hall–Kier alpha value is -2.70. The minimum Gasteiger partial charge on any atom is -0.376 e. The molecule has 6 heteroatoms. The van der Waals surface area contributed by atoms with Gasteiger partial charge in [0.15, 0.2) is 5.11 Å². The predicted molar refractivity (Wildman–Crippen MR) is 122 cm³/mol. The van der Waals surface area contributed by atoms with Crippen molar-refractivity contribution in [2.75, 3.05) is 13.2 Å². The first-order valence-electron chi connectivity index (χ1n) is 10.5. The van der Waals surface area contributed by atoms with Crippen molar-refractivity contribution >= 4 is 17.3 Å². The van der Waals surface area contributed by atoms with E-state index >= 15 is 0 Å². The maximum absolute atomic E-state index is 5.95. The van der Waals surface area contributed by atoms with Gasteiger partial charge >= 0.3 is 0 Å². The highest BCUT2D eigenvalue weighted by atomic mass is 32.1. The molecule has 2 fully saturated rings. The third kappa shape index (κ3) is 3.61. The first kappa shape index (κ1) is 19.3. The molecule has 0 amide bonds. The molecule has 0 bridgehead atoms. The normalized spacial score (nSPS) is 23.7. The fourth-order valence-electron chi connectivity index (χ4n) is 4.51. The third-order valence-corrected chi connectivity index (χ3v) is 6.37. The van der Waals surface area contributed by atoms with E-state index in [0.717, 1.165) is 42.5 Å². The average Bonchev–Trinajstić information content (AvgIpc) is 3.51. The molecule has 30 heavy (non-hydrogen) atoms. The van der Waals surface area contributed by atoms with Gasteiger partial charge in [-0.05, 0) is 68.4 Å². The van der Waals surface area contributed by atoms with E-state index in [-0.39, 0.29) is 18.2 Å². The molecule has 154 valence electrons. The molecule has 3 atom stereocenters. The number of ether oxygens (including phenoxy) is 1. The fourth-order valence-corrected chi connectivity index (χ4v) is 4.82. The Morgan fingerprint density at radius 1 is 1.13 bits per heavy atom. The Morgan fingerprint density at radius 2 is 2.00 bits per heavy atom. The van der Waals surface area contributed by atoms with Crippen LogP contribution >= 0.6 is 12.2 Å². The maximum atomic E-state index is 5.95. The maximum Gasteiger partial charge on any atom is 0.170 e. The van der Waals surface area contributed by atoms with Gasteiger partial charge in [-0.25, -0.2) is 0 Å². The van der Waals surface area contributed by atoms with Gasteiger partial charge in [-0.15, -0.1) is 0 Å². The van der Waals surface area contributed by atoms with Gasteiger partial charge in [0, 0.05) is 36.9 Å². The average molecular weight is 419 g/mol. The molecule has 0 saturated carbocycles. The number of nitrogens with zero attached hydrogens (tertiary/aromatic N) is 3. The highest BCUT2D eigenvalue weighted by molar-refractivity contribution is 7.80. The van der Waals surface area contributed by atoms with Crippen LogP contribution in [0.1, 0.15) is 41.9 Å². The quantitative estimate of drug-likeness (QED) is 0.625. The van der Waals surface area contributed by atoms with Gasteiger partial charge < -0.3 is 19.5 Å². The highest BCUT2D eigenvalue weighted by Crippen LogP contribution is 2.40. The summed E-state index contributed by atoms with van der Waals surface area (Å²) in [6.45, 7) is 3.74. The molecule has 5 rings (SSSR count). The Morgan fingerprint density at radius 3 is 2.73 bits per heavy atom. The summed E-state index contributed by atoms with van der Waals surface area (Å²) in [5, 5.41) is 4.31. The van der Waals surface area contributed by atoms with Crippen molar-refractivity contribution in [3.05, 3.63) is 83.9 Å². The Balaban J connectivity index is 1.56. The topological polar surface area (TPSA) is 42.3 Å². The lowest BCUT2D eigenvalue weighted by atomic mass is 10.0. The van der Waals surface area contributed by atoms with Crippen LogP contribution in [0, 0.1) is 6.92 Å². The summed E-state index contributed by atoms with van der Waals surface area (Å²) in [6.07, 6.45) is 6.39. The van der Waals surface area contributed by atoms with Gasteiger partial charge in [-0.3, -0.25) is 4.98 Å². The molecule has 2 aliphatic rings. The number of aromatic nitrogens is 2. The van der Waals surface area contributed by atoms with Crippen LogP contribution in [0.2, 0.25) is 0 Å². The summed E-state index contributed by atoms with van der Waals surface area (Å²) in [6, 6.07) is 19.0. The van der Waals surface area contributed by atoms with Gasteiger partial charge in [0.05, 0.1) is 23.9 Å². The smallest absolute Gasteiger partial charge is 0.170 e. The molecule has 3 aromatic rings. The van der Waals surface area contributed by atoms with Gasteiger partial charge in [0.1, 0.15) is 0 Å². The van der Waals surface area contributed by atoms with Crippen LogP contribution in [0.25, 0.3) is 5.69 Å². The molecule has 0 aliphatic carbocycles. The van der Waals surface area contributed by atoms with E-state index in [4.69, 9.17) is 17.0 Å². The van der Waals surface area contributed by atoms with E-state index in [2.05, 4.69) is 75.4 Å². The lowest BCUT2D eigenvalue weighted by Crippen LogP contribution is -2.36. The standard InChI is InChI=1S/C24H26N4OS/c1-17-9-11-18(12-10-17)27-14-4-8-21(27)23-22(20-7-2-3-13-25-20)26-24(30)28(23)16-19-6-5-15-29-19/h2-4,7-14,19,22-23H,5-6,15-16H2,1H3,(H,26,30)/t19-,22+,23-/m1/s1. The van der Waals surface area contributed by atoms with Gasteiger partial charge in [0.25, 0.3) is 0 Å². The molecule has 1 N–H and O–H groups in total. The van der Waals surface area contributed by atoms with Crippen LogP contribution in [0.3, 0.4) is 0 Å². The summed E-state index contributed by atoms with van der Waals surface area (Å²) >= 11 is 5.80. The third-order valence-electron chi connectivity index (χ3n) is 6.02. The molecule has 2 aliphatic heterocycles. The van der Waals surface area contributed by atoms with Crippen molar-refractivity contribution in [2.45, 2.75) is 38.0 Å². The second-order valence-electron chi connectivity index (χ2n) is 8.05. The molecular weight excluding hydrogens is 392 g/mol. The first-order valence-corrected chi connectivity index (χ1v) is 11.0. The second kappa shape index (κ2) is 8.20. The van der Waals surface area contributed by atoms with E-state index in [0.29, 0.717) is 0 Å². The molecule has 2 saturated heterocycles. The predicted octanol–water partition coefficient (Wildman–Crippen LogP) is 4.33.